The minimum Gasteiger partial charge on any atom is -0.412 e. The van der Waals surface area contributed by atoms with E-state index in [0.29, 0.717) is 45.9 Å². The average molecular weight is 640 g/mol. The first-order chi connectivity index (χ1) is 19.8. The maximum Gasteiger partial charge on any atom is 2.00 e. The van der Waals surface area contributed by atoms with Gasteiger partial charge in [0, 0.05) is 44.8 Å². The first-order valence-corrected chi connectivity index (χ1v) is 12.9. The van der Waals surface area contributed by atoms with Crippen LogP contribution in [0.5, 0.6) is 0 Å². The SMILES string of the molecule is O.O.[Zr+2].c1ccc2c(c1)-c1nc-2nc2[n-]c(nc3nc(nc4[n-]c(n1)c1ccccc41)-c1ccccc1-3)c1ccccc21. The third-order valence-electron chi connectivity index (χ3n) is 7.33. The van der Waals surface area contributed by atoms with Crippen LogP contribution in [-0.2, 0) is 26.2 Å². The quantitative estimate of drug-likeness (QED) is 0.234. The topological polar surface area (TPSA) is 169 Å². The van der Waals surface area contributed by atoms with Crippen molar-refractivity contribution in [2.45, 2.75) is 0 Å². The van der Waals surface area contributed by atoms with E-state index in [1.165, 1.54) is 0 Å². The molecule has 11 heteroatoms. The summed E-state index contributed by atoms with van der Waals surface area (Å²) in [4.78, 5) is 39.3. The van der Waals surface area contributed by atoms with Gasteiger partial charge in [-0.3, -0.25) is 0 Å². The zero-order valence-electron chi connectivity index (χ0n) is 22.3. The molecule has 0 spiro atoms. The fraction of sp³-hybridized carbons (Fsp3) is 0. The Hall–Kier alpha value is -4.96. The first kappa shape index (κ1) is 28.2. The molecule has 4 aromatic carbocycles. The Morgan fingerprint density at radius 2 is 0.558 bits per heavy atom. The average Bonchev–Trinajstić information content (AvgIpc) is 3.73. The molecule has 7 aromatic rings. The van der Waals surface area contributed by atoms with Crippen molar-refractivity contribution in [3.63, 3.8) is 0 Å². The van der Waals surface area contributed by atoms with Crippen LogP contribution in [-0.4, -0.2) is 40.9 Å². The fourth-order valence-corrected chi connectivity index (χ4v) is 5.46. The summed E-state index contributed by atoms with van der Waals surface area (Å²) in [5.74, 6) is 2.21. The maximum absolute atomic E-state index is 4.95. The van der Waals surface area contributed by atoms with Crippen LogP contribution in [0.15, 0.2) is 97.1 Å². The zero-order valence-corrected chi connectivity index (χ0v) is 24.8. The molecule has 2 aliphatic rings. The van der Waals surface area contributed by atoms with Crippen molar-refractivity contribution in [2.24, 2.45) is 0 Å². The molecule has 4 N–H and O–H groups in total. The van der Waals surface area contributed by atoms with Gasteiger partial charge in [0.05, 0.1) is 23.3 Å². The molecule has 0 radical (unpaired) electrons. The predicted octanol–water partition coefficient (Wildman–Crippen LogP) is 4.48. The van der Waals surface area contributed by atoms with Crippen molar-refractivity contribution in [3.05, 3.63) is 97.1 Å². The van der Waals surface area contributed by atoms with Crippen LogP contribution >= 0.6 is 0 Å². The van der Waals surface area contributed by atoms with Crippen molar-refractivity contribution in [3.8, 4) is 45.6 Å². The van der Waals surface area contributed by atoms with Crippen LogP contribution in [0.1, 0.15) is 0 Å². The monoisotopic (exact) mass is 638 g/mol. The Bertz CT molecular complexity index is 2050. The van der Waals surface area contributed by atoms with Crippen LogP contribution in [0.2, 0.25) is 0 Å². The zero-order chi connectivity index (χ0) is 26.2. The van der Waals surface area contributed by atoms with Gasteiger partial charge in [0.15, 0.2) is 0 Å². The predicted molar refractivity (Wildman–Crippen MR) is 161 cm³/mol. The summed E-state index contributed by atoms with van der Waals surface area (Å²) in [5, 5.41) is 3.57. The van der Waals surface area contributed by atoms with Gasteiger partial charge in [0.1, 0.15) is 0 Å². The molecule has 204 valence electrons. The number of fused-ring (bicyclic) bond motifs is 20. The smallest absolute Gasteiger partial charge is 0.412 e. The molecule has 0 fully saturated rings. The molecule has 3 aromatic heterocycles. The van der Waals surface area contributed by atoms with Gasteiger partial charge in [0.2, 0.25) is 0 Å². The molecule has 5 heterocycles. The molecule has 0 saturated heterocycles. The number of hydrogen-bond acceptors (Lipinski definition) is 6. The van der Waals surface area contributed by atoms with Crippen molar-refractivity contribution in [1.82, 2.24) is 39.9 Å². The van der Waals surface area contributed by atoms with Gasteiger partial charge in [-0.05, 0) is 21.5 Å². The van der Waals surface area contributed by atoms with Crippen LogP contribution in [0.25, 0.3) is 89.7 Å². The van der Waals surface area contributed by atoms with E-state index in [1.54, 1.807) is 0 Å². The summed E-state index contributed by atoms with van der Waals surface area (Å²) in [6.07, 6.45) is 0. The Balaban J connectivity index is 0.00000110. The van der Waals surface area contributed by atoms with Gasteiger partial charge < -0.3 is 40.9 Å². The summed E-state index contributed by atoms with van der Waals surface area (Å²) in [5.41, 5.74) is 5.78. The standard InChI is InChI=1S/C32H16N8.2H2O.Zr/c1-2-10-18-17(9-1)25-33-26(18)38-28-21-13-5-6-14-22(21)30(35-28)40-32-24-16-8-7-15-23(24)31(36-32)39-29-20-12-4-3-11-19(20)27(34-29)37-25;;;/h1-16H;2*1H2;/q-2;;;+2. The fourth-order valence-electron chi connectivity index (χ4n) is 5.46. The summed E-state index contributed by atoms with van der Waals surface area (Å²) in [6.45, 7) is 0. The van der Waals surface area contributed by atoms with Crippen molar-refractivity contribution >= 4 is 44.1 Å². The van der Waals surface area contributed by atoms with E-state index in [-0.39, 0.29) is 37.2 Å². The molecule has 8 bridgehead atoms. The van der Waals surface area contributed by atoms with E-state index < -0.39 is 0 Å². The number of aromatic nitrogens is 8. The van der Waals surface area contributed by atoms with Crippen molar-refractivity contribution in [2.75, 3.05) is 0 Å². The van der Waals surface area contributed by atoms with E-state index in [0.717, 1.165) is 43.8 Å². The molecule has 0 saturated carbocycles. The second-order valence-corrected chi connectivity index (χ2v) is 9.67. The number of hydrogen-bond donors (Lipinski definition) is 0. The van der Waals surface area contributed by atoms with E-state index in [9.17, 15) is 0 Å². The van der Waals surface area contributed by atoms with Gasteiger partial charge in [-0.15, -0.1) is 0 Å². The Kier molecular flexibility index (Phi) is 7.02. The molecular formula is C32H20N8O2Zr. The number of nitrogens with zero attached hydrogens (tertiary/aromatic N) is 8. The van der Waals surface area contributed by atoms with Crippen LogP contribution < -0.4 is 9.97 Å². The third kappa shape index (κ3) is 4.28. The van der Waals surface area contributed by atoms with E-state index in [2.05, 4.69) is 0 Å². The summed E-state index contributed by atoms with van der Waals surface area (Å²) < 4.78 is 0. The van der Waals surface area contributed by atoms with Crippen molar-refractivity contribution < 1.29 is 37.2 Å². The minimum atomic E-state index is 0. The molecule has 0 unspecified atom stereocenters. The van der Waals surface area contributed by atoms with Crippen LogP contribution in [0.3, 0.4) is 0 Å². The Morgan fingerprint density at radius 1 is 0.326 bits per heavy atom. The Labute approximate surface area is 262 Å². The number of rotatable bonds is 0. The minimum absolute atomic E-state index is 0. The second kappa shape index (κ2) is 10.7. The van der Waals surface area contributed by atoms with Gasteiger partial charge >= 0.3 is 26.2 Å². The third-order valence-corrected chi connectivity index (χ3v) is 7.33. The molecule has 10 nitrogen and oxygen atoms in total. The number of benzene rings is 4. The van der Waals surface area contributed by atoms with E-state index >= 15 is 0 Å². The van der Waals surface area contributed by atoms with Crippen molar-refractivity contribution in [1.29, 1.82) is 0 Å². The van der Waals surface area contributed by atoms with Crippen LogP contribution in [0.4, 0.5) is 0 Å². The van der Waals surface area contributed by atoms with E-state index in [4.69, 9.17) is 39.9 Å². The van der Waals surface area contributed by atoms with Gasteiger partial charge in [0.25, 0.3) is 0 Å². The first-order valence-electron chi connectivity index (χ1n) is 12.9. The summed E-state index contributed by atoms with van der Waals surface area (Å²) in [7, 11) is 0. The van der Waals surface area contributed by atoms with E-state index in [1.807, 2.05) is 97.1 Å². The maximum atomic E-state index is 4.95. The van der Waals surface area contributed by atoms with Gasteiger partial charge in [-0.25, -0.2) is 9.97 Å². The molecule has 43 heavy (non-hydrogen) atoms. The summed E-state index contributed by atoms with van der Waals surface area (Å²) >= 11 is 0. The van der Waals surface area contributed by atoms with Gasteiger partial charge in [-0.1, -0.05) is 97.1 Å². The largest absolute Gasteiger partial charge is 2.00 e. The molecule has 2 aliphatic heterocycles. The normalized spacial score (nSPS) is 11.2. The van der Waals surface area contributed by atoms with Gasteiger partial charge in [-0.2, -0.15) is 0 Å². The Morgan fingerprint density at radius 3 is 0.814 bits per heavy atom. The molecular weight excluding hydrogens is 620 g/mol. The summed E-state index contributed by atoms with van der Waals surface area (Å²) in [6, 6.07) is 31.8. The molecule has 0 atom stereocenters. The molecule has 9 rings (SSSR count). The second-order valence-electron chi connectivity index (χ2n) is 9.67. The van der Waals surface area contributed by atoms with Crippen LogP contribution in [0, 0.1) is 0 Å². The molecule has 0 amide bonds. The molecule has 0 aliphatic carbocycles.